The molecule has 0 bridgehead atoms. The molecule has 7 heteroatoms. The minimum atomic E-state index is -0.631. The average Bonchev–Trinajstić information content (AvgIpc) is 3.24. The molecule has 0 unspecified atom stereocenters. The molecule has 2 aromatic rings. The molecule has 166 valence electrons. The van der Waals surface area contributed by atoms with Crippen LogP contribution in [-0.4, -0.2) is 35.2 Å². The maximum Gasteiger partial charge on any atom is 0.361 e. The lowest BCUT2D eigenvalue weighted by atomic mass is 9.77. The Balaban J connectivity index is 1.62. The maximum absolute atomic E-state index is 13.2. The van der Waals surface area contributed by atoms with Crippen molar-refractivity contribution >= 4 is 11.9 Å². The van der Waals surface area contributed by atoms with E-state index in [1.165, 1.54) is 30.3 Å². The first-order valence-corrected chi connectivity index (χ1v) is 11.2. The Morgan fingerprint density at radius 3 is 2.42 bits per heavy atom. The Kier molecular flexibility index (Phi) is 6.30. The first kappa shape index (κ1) is 21.4. The molecule has 1 aliphatic heterocycles. The molecule has 1 aromatic heterocycles. The Morgan fingerprint density at radius 2 is 1.77 bits per heavy atom. The summed E-state index contributed by atoms with van der Waals surface area (Å²) in [6.07, 6.45) is 7.43. The number of ether oxygens (including phenoxy) is 2. The van der Waals surface area contributed by atoms with Crippen molar-refractivity contribution in [1.29, 1.82) is 0 Å². The van der Waals surface area contributed by atoms with Crippen molar-refractivity contribution in [3.63, 3.8) is 0 Å². The zero-order valence-electron chi connectivity index (χ0n) is 18.4. The summed E-state index contributed by atoms with van der Waals surface area (Å²) in [6.45, 7) is 3.79. The van der Waals surface area contributed by atoms with E-state index in [2.05, 4.69) is 9.88 Å². The van der Waals surface area contributed by atoms with Crippen LogP contribution in [0, 0.1) is 5.41 Å². The smallest absolute Gasteiger partial charge is 0.361 e. The third kappa shape index (κ3) is 4.45. The summed E-state index contributed by atoms with van der Waals surface area (Å²) in [5.74, 6) is -0.181. The van der Waals surface area contributed by atoms with E-state index in [4.69, 9.17) is 9.47 Å². The summed E-state index contributed by atoms with van der Waals surface area (Å²) in [7, 11) is 1.69. The monoisotopic (exact) mass is 425 g/mol. The van der Waals surface area contributed by atoms with Crippen LogP contribution in [0.1, 0.15) is 61.5 Å². The van der Waals surface area contributed by atoms with Gasteiger partial charge in [0, 0.05) is 20.1 Å². The number of aromatic nitrogens is 2. The van der Waals surface area contributed by atoms with Crippen molar-refractivity contribution in [2.24, 2.45) is 12.5 Å². The number of carbonyl (C=O) groups is 1. The molecule has 1 saturated heterocycles. The largest absolute Gasteiger partial charge is 0.481 e. The molecule has 0 amide bonds. The van der Waals surface area contributed by atoms with Crippen molar-refractivity contribution in [2.45, 2.75) is 52.1 Å². The van der Waals surface area contributed by atoms with Gasteiger partial charge in [-0.3, -0.25) is 9.36 Å². The SMILES string of the molecule is CCOC(=O)c1nc(N2CCC3(CCCC3)CC2)n(C)c(=O)c1OCc1ccccc1. The summed E-state index contributed by atoms with van der Waals surface area (Å²) >= 11 is 0. The van der Waals surface area contributed by atoms with Gasteiger partial charge in [0.15, 0.2) is 5.69 Å². The van der Waals surface area contributed by atoms with Crippen molar-refractivity contribution in [3.8, 4) is 5.75 Å². The Morgan fingerprint density at radius 1 is 1.10 bits per heavy atom. The first-order chi connectivity index (χ1) is 15.0. The van der Waals surface area contributed by atoms with Gasteiger partial charge in [0.05, 0.1) is 6.61 Å². The summed E-state index contributed by atoms with van der Waals surface area (Å²) in [4.78, 5) is 32.6. The van der Waals surface area contributed by atoms with Crippen molar-refractivity contribution in [2.75, 3.05) is 24.6 Å². The fourth-order valence-electron chi connectivity index (χ4n) is 4.86. The number of benzene rings is 1. The van der Waals surface area contributed by atoms with Crippen LogP contribution in [-0.2, 0) is 18.4 Å². The molecule has 31 heavy (non-hydrogen) atoms. The van der Waals surface area contributed by atoms with Crippen molar-refractivity contribution in [3.05, 3.63) is 51.9 Å². The summed E-state index contributed by atoms with van der Waals surface area (Å²) in [5, 5.41) is 0. The lowest BCUT2D eigenvalue weighted by molar-refractivity contribution is 0.0512. The summed E-state index contributed by atoms with van der Waals surface area (Å²) in [6, 6.07) is 9.53. The van der Waals surface area contributed by atoms with E-state index in [0.717, 1.165) is 31.5 Å². The van der Waals surface area contributed by atoms with Gasteiger partial charge in [-0.05, 0) is 43.6 Å². The minimum absolute atomic E-state index is 0.0444. The summed E-state index contributed by atoms with van der Waals surface area (Å²) in [5.41, 5.74) is 0.946. The van der Waals surface area contributed by atoms with Gasteiger partial charge in [0.1, 0.15) is 6.61 Å². The first-order valence-electron chi connectivity index (χ1n) is 11.2. The molecule has 0 radical (unpaired) electrons. The lowest BCUT2D eigenvalue weighted by Crippen LogP contribution is -2.42. The van der Waals surface area contributed by atoms with Gasteiger partial charge in [-0.2, -0.15) is 0 Å². The van der Waals surface area contributed by atoms with E-state index in [-0.39, 0.29) is 30.2 Å². The molecule has 0 N–H and O–H groups in total. The lowest BCUT2D eigenvalue weighted by Gasteiger charge is -2.40. The van der Waals surface area contributed by atoms with Crippen LogP contribution in [0.3, 0.4) is 0 Å². The van der Waals surface area contributed by atoms with E-state index < -0.39 is 5.97 Å². The number of piperidine rings is 1. The Labute approximate surface area is 183 Å². The topological polar surface area (TPSA) is 73.7 Å². The number of rotatable bonds is 6. The number of hydrogen-bond donors (Lipinski definition) is 0. The van der Waals surface area contributed by atoms with E-state index in [9.17, 15) is 9.59 Å². The van der Waals surface area contributed by atoms with Gasteiger partial charge in [0.2, 0.25) is 11.7 Å². The third-order valence-corrected chi connectivity index (χ3v) is 6.69. The molecule has 0 atom stereocenters. The van der Waals surface area contributed by atoms with E-state index in [0.29, 0.717) is 11.4 Å². The fraction of sp³-hybridized carbons (Fsp3) is 0.542. The van der Waals surface area contributed by atoms with Crippen LogP contribution in [0.25, 0.3) is 0 Å². The number of nitrogens with zero attached hydrogens (tertiary/aromatic N) is 3. The van der Waals surface area contributed by atoms with Crippen LogP contribution in [0.2, 0.25) is 0 Å². The van der Waals surface area contributed by atoms with Crippen LogP contribution >= 0.6 is 0 Å². The maximum atomic E-state index is 13.2. The summed E-state index contributed by atoms with van der Waals surface area (Å²) < 4.78 is 12.5. The van der Waals surface area contributed by atoms with Crippen molar-refractivity contribution < 1.29 is 14.3 Å². The second-order valence-electron chi connectivity index (χ2n) is 8.64. The van der Waals surface area contributed by atoms with Crippen LogP contribution < -0.4 is 15.2 Å². The van der Waals surface area contributed by atoms with Gasteiger partial charge in [-0.25, -0.2) is 9.78 Å². The Bertz CT molecular complexity index is 970. The van der Waals surface area contributed by atoms with E-state index in [1.54, 1.807) is 14.0 Å². The van der Waals surface area contributed by atoms with Crippen LogP contribution in [0.15, 0.2) is 35.1 Å². The number of anilines is 1. The van der Waals surface area contributed by atoms with Gasteiger partial charge >= 0.3 is 5.97 Å². The van der Waals surface area contributed by atoms with Gasteiger partial charge < -0.3 is 14.4 Å². The van der Waals surface area contributed by atoms with E-state index in [1.807, 2.05) is 30.3 Å². The highest BCUT2D eigenvalue weighted by atomic mass is 16.5. The molecular weight excluding hydrogens is 394 g/mol. The van der Waals surface area contributed by atoms with Crippen LogP contribution in [0.5, 0.6) is 5.75 Å². The number of hydrogen-bond acceptors (Lipinski definition) is 6. The zero-order valence-corrected chi connectivity index (χ0v) is 18.4. The Hall–Kier alpha value is -2.83. The predicted octanol–water partition coefficient (Wildman–Crippen LogP) is 3.70. The number of esters is 1. The second-order valence-corrected chi connectivity index (χ2v) is 8.64. The highest BCUT2D eigenvalue weighted by molar-refractivity contribution is 5.90. The van der Waals surface area contributed by atoms with Gasteiger partial charge in [-0.1, -0.05) is 43.2 Å². The predicted molar refractivity (Wildman–Crippen MR) is 119 cm³/mol. The van der Waals surface area contributed by atoms with E-state index >= 15 is 0 Å². The molecule has 2 aliphatic rings. The molecule has 4 rings (SSSR count). The normalized spacial score (nSPS) is 17.7. The highest BCUT2D eigenvalue weighted by Crippen LogP contribution is 2.46. The van der Waals surface area contributed by atoms with Crippen molar-refractivity contribution in [1.82, 2.24) is 9.55 Å². The number of carbonyl (C=O) groups excluding carboxylic acids is 1. The quantitative estimate of drug-likeness (QED) is 0.657. The molecule has 1 aliphatic carbocycles. The third-order valence-electron chi connectivity index (χ3n) is 6.69. The fourth-order valence-corrected chi connectivity index (χ4v) is 4.86. The molecule has 7 nitrogen and oxygen atoms in total. The molecule has 2 heterocycles. The molecule has 1 saturated carbocycles. The minimum Gasteiger partial charge on any atom is -0.481 e. The molecule has 1 aromatic carbocycles. The van der Waals surface area contributed by atoms with Gasteiger partial charge in [0.25, 0.3) is 5.56 Å². The molecule has 2 fully saturated rings. The standard InChI is InChI=1S/C24H31N3O4/c1-3-30-22(29)19-20(31-17-18-9-5-4-6-10-18)21(28)26(2)23(25-19)27-15-13-24(14-16-27)11-7-8-12-24/h4-6,9-10H,3,7-8,11-17H2,1-2H3. The highest BCUT2D eigenvalue weighted by Gasteiger charge is 2.38. The van der Waals surface area contributed by atoms with Gasteiger partial charge in [-0.15, -0.1) is 0 Å². The van der Waals surface area contributed by atoms with Crippen LogP contribution in [0.4, 0.5) is 5.95 Å². The molecule has 1 spiro atoms. The second kappa shape index (κ2) is 9.12. The molecular formula is C24H31N3O4. The zero-order chi connectivity index (χ0) is 21.8. The average molecular weight is 426 g/mol.